The van der Waals surface area contributed by atoms with Gasteiger partial charge in [0.1, 0.15) is 0 Å². The number of hydrogen-bond donors (Lipinski definition) is 3. The van der Waals surface area contributed by atoms with Crippen molar-refractivity contribution in [1.29, 1.82) is 0 Å². The molecule has 0 aliphatic carbocycles. The minimum Gasteiger partial charge on any atom is -0.394 e. The van der Waals surface area contributed by atoms with Crippen LogP contribution < -0.4 is 5.73 Å². The predicted octanol–water partition coefficient (Wildman–Crippen LogP) is 2.79. The molecule has 0 unspecified atom stereocenters. The third-order valence-electron chi connectivity index (χ3n) is 6.16. The number of hydrogen-bond acceptors (Lipinski definition) is 7. The lowest BCUT2D eigenvalue weighted by Crippen LogP contribution is -2.56. The average molecular weight is 435 g/mol. The van der Waals surface area contributed by atoms with Crippen LogP contribution in [0.1, 0.15) is 23.1 Å². The number of rotatable bonds is 7. The van der Waals surface area contributed by atoms with Crippen molar-refractivity contribution in [3.8, 4) is 22.8 Å². The quantitative estimate of drug-likeness (QED) is 0.525. The first kappa shape index (κ1) is 22.4. The molecule has 0 radical (unpaired) electrons. The number of aromatic nitrogens is 2. The summed E-state index contributed by atoms with van der Waals surface area (Å²) in [6.07, 6.45) is 3.06. The van der Waals surface area contributed by atoms with E-state index in [1.807, 2.05) is 18.2 Å². The number of benzene rings is 2. The third-order valence-corrected chi connectivity index (χ3v) is 6.16. The van der Waals surface area contributed by atoms with E-state index >= 15 is 0 Å². The molecule has 1 aliphatic rings. The number of aliphatic hydroxyl groups is 2. The zero-order chi connectivity index (χ0) is 22.7. The zero-order valence-electron chi connectivity index (χ0n) is 18.6. The van der Waals surface area contributed by atoms with Crippen molar-refractivity contribution in [3.05, 3.63) is 65.2 Å². The van der Waals surface area contributed by atoms with E-state index in [2.05, 4.69) is 59.2 Å². The highest BCUT2D eigenvalue weighted by Crippen LogP contribution is 2.27. The van der Waals surface area contributed by atoms with Gasteiger partial charge in [0.15, 0.2) is 0 Å². The fraction of sp³-hybridized carbons (Fsp3) is 0.360. The van der Waals surface area contributed by atoms with Crippen molar-refractivity contribution < 1.29 is 14.7 Å². The molecule has 0 amide bonds. The number of aliphatic hydroxyl groups excluding tert-OH is 2. The first-order valence-corrected chi connectivity index (χ1v) is 10.8. The average Bonchev–Trinajstić information content (AvgIpc) is 3.32. The maximum absolute atomic E-state index is 9.41. The van der Waals surface area contributed by atoms with Crippen LogP contribution in [0, 0.1) is 13.8 Å². The summed E-state index contributed by atoms with van der Waals surface area (Å²) >= 11 is 0. The molecule has 168 valence electrons. The molecule has 3 aromatic rings. The Kier molecular flexibility index (Phi) is 6.53. The second kappa shape index (κ2) is 9.34. The molecule has 2 aromatic carbocycles. The summed E-state index contributed by atoms with van der Waals surface area (Å²) in [4.78, 5) is 6.72. The monoisotopic (exact) mass is 434 g/mol. The topological polar surface area (TPSA) is 109 Å². The van der Waals surface area contributed by atoms with Gasteiger partial charge in [0, 0.05) is 30.8 Å². The second-order valence-corrected chi connectivity index (χ2v) is 8.69. The highest BCUT2D eigenvalue weighted by molar-refractivity contribution is 5.69. The SMILES string of the molecule is Cc1ccc(-c2nc(-c3ccc(C4=CCN(CC(N)(CO)CO)CC4)cc3)no2)cc1C. The summed E-state index contributed by atoms with van der Waals surface area (Å²) in [7, 11) is 0. The summed E-state index contributed by atoms with van der Waals surface area (Å²) in [5.74, 6) is 1.09. The third kappa shape index (κ3) is 4.81. The molecule has 0 atom stereocenters. The van der Waals surface area contributed by atoms with Crippen molar-refractivity contribution >= 4 is 5.57 Å². The van der Waals surface area contributed by atoms with Gasteiger partial charge in [-0.1, -0.05) is 41.6 Å². The molecule has 1 aromatic heterocycles. The molecule has 4 rings (SSSR count). The van der Waals surface area contributed by atoms with E-state index in [9.17, 15) is 10.2 Å². The Balaban J connectivity index is 1.44. The first-order chi connectivity index (χ1) is 15.4. The molecule has 2 heterocycles. The van der Waals surface area contributed by atoms with E-state index in [-0.39, 0.29) is 13.2 Å². The lowest BCUT2D eigenvalue weighted by Gasteiger charge is -2.34. The number of nitrogens with two attached hydrogens (primary N) is 1. The first-order valence-electron chi connectivity index (χ1n) is 10.8. The molecule has 7 heteroatoms. The minimum absolute atomic E-state index is 0.237. The smallest absolute Gasteiger partial charge is 0.258 e. The van der Waals surface area contributed by atoms with E-state index in [1.54, 1.807) is 0 Å². The predicted molar refractivity (Wildman–Crippen MR) is 125 cm³/mol. The normalized spacial score (nSPS) is 15.1. The Morgan fingerprint density at radius 1 is 1.00 bits per heavy atom. The van der Waals surface area contributed by atoms with E-state index in [0.717, 1.165) is 36.2 Å². The van der Waals surface area contributed by atoms with Gasteiger partial charge in [0.25, 0.3) is 5.89 Å². The maximum atomic E-state index is 9.41. The van der Waals surface area contributed by atoms with Crippen LogP contribution >= 0.6 is 0 Å². The van der Waals surface area contributed by atoms with Crippen molar-refractivity contribution in [2.75, 3.05) is 32.8 Å². The van der Waals surface area contributed by atoms with Crippen LogP contribution in [0.2, 0.25) is 0 Å². The van der Waals surface area contributed by atoms with E-state index < -0.39 is 5.54 Å². The molecule has 4 N–H and O–H groups in total. The van der Waals surface area contributed by atoms with Gasteiger partial charge in [-0.15, -0.1) is 0 Å². The maximum Gasteiger partial charge on any atom is 0.258 e. The highest BCUT2D eigenvalue weighted by Gasteiger charge is 2.27. The van der Waals surface area contributed by atoms with Gasteiger partial charge in [0.05, 0.1) is 18.8 Å². The molecule has 0 spiro atoms. The van der Waals surface area contributed by atoms with Crippen molar-refractivity contribution in [2.24, 2.45) is 5.73 Å². The van der Waals surface area contributed by atoms with Gasteiger partial charge in [0.2, 0.25) is 5.82 Å². The molecule has 1 aliphatic heterocycles. The highest BCUT2D eigenvalue weighted by atomic mass is 16.5. The van der Waals surface area contributed by atoms with Gasteiger partial charge in [-0.2, -0.15) is 4.98 Å². The van der Waals surface area contributed by atoms with E-state index in [1.165, 1.54) is 16.7 Å². The summed E-state index contributed by atoms with van der Waals surface area (Å²) in [5, 5.41) is 23.0. The van der Waals surface area contributed by atoms with Crippen LogP contribution in [-0.4, -0.2) is 63.6 Å². The minimum atomic E-state index is -0.965. The number of nitrogens with zero attached hydrogens (tertiary/aromatic N) is 3. The number of aryl methyl sites for hydroxylation is 2. The van der Waals surface area contributed by atoms with Crippen molar-refractivity contribution in [2.45, 2.75) is 25.8 Å². The second-order valence-electron chi connectivity index (χ2n) is 8.69. The fourth-order valence-corrected chi connectivity index (χ4v) is 3.88. The lowest BCUT2D eigenvalue weighted by molar-refractivity contribution is 0.0868. The van der Waals surface area contributed by atoms with Crippen LogP contribution in [0.25, 0.3) is 28.4 Å². The van der Waals surface area contributed by atoms with E-state index in [0.29, 0.717) is 18.3 Å². The van der Waals surface area contributed by atoms with Gasteiger partial charge in [-0.3, -0.25) is 4.90 Å². The molecular formula is C25H30N4O3. The van der Waals surface area contributed by atoms with Crippen molar-refractivity contribution in [1.82, 2.24) is 15.0 Å². The van der Waals surface area contributed by atoms with Crippen molar-refractivity contribution in [3.63, 3.8) is 0 Å². The standard InChI is InChI=1S/C25H30N4O3/c1-17-3-4-22(13-18(17)2)24-27-23(28-32-24)21-7-5-19(6-8-21)20-9-11-29(12-10-20)14-25(26,15-30)16-31/h3-9,13,30-31H,10-12,14-16,26H2,1-2H3. The van der Waals surface area contributed by atoms with Gasteiger partial charge in [-0.25, -0.2) is 0 Å². The fourth-order valence-electron chi connectivity index (χ4n) is 3.88. The van der Waals surface area contributed by atoms with E-state index in [4.69, 9.17) is 10.3 Å². The Hall–Kier alpha value is -2.84. The lowest BCUT2D eigenvalue weighted by atomic mass is 9.96. The summed E-state index contributed by atoms with van der Waals surface area (Å²) in [6.45, 7) is 5.70. The van der Waals surface area contributed by atoms with Gasteiger partial charge >= 0.3 is 0 Å². The molecule has 7 nitrogen and oxygen atoms in total. The Bertz CT molecular complexity index is 1100. The molecular weight excluding hydrogens is 404 g/mol. The molecule has 0 fully saturated rings. The summed E-state index contributed by atoms with van der Waals surface area (Å²) < 4.78 is 5.49. The Morgan fingerprint density at radius 2 is 1.69 bits per heavy atom. The summed E-state index contributed by atoms with van der Waals surface area (Å²) in [6, 6.07) is 14.3. The molecule has 0 bridgehead atoms. The van der Waals surface area contributed by atoms with Crippen LogP contribution in [0.15, 0.2) is 53.1 Å². The molecule has 0 saturated carbocycles. The zero-order valence-corrected chi connectivity index (χ0v) is 18.6. The Labute approximate surface area is 188 Å². The molecule has 0 saturated heterocycles. The molecule has 32 heavy (non-hydrogen) atoms. The van der Waals surface area contributed by atoms with Gasteiger partial charge < -0.3 is 20.5 Å². The van der Waals surface area contributed by atoms with Crippen LogP contribution in [0.4, 0.5) is 0 Å². The van der Waals surface area contributed by atoms with Gasteiger partial charge in [-0.05, 0) is 54.7 Å². The largest absolute Gasteiger partial charge is 0.394 e. The van der Waals surface area contributed by atoms with Crippen LogP contribution in [-0.2, 0) is 0 Å². The van der Waals surface area contributed by atoms with Crippen LogP contribution in [0.5, 0.6) is 0 Å². The summed E-state index contributed by atoms with van der Waals surface area (Å²) in [5.41, 5.74) is 11.7. The van der Waals surface area contributed by atoms with Crippen LogP contribution in [0.3, 0.4) is 0 Å². The Morgan fingerprint density at radius 3 is 2.31 bits per heavy atom.